The van der Waals surface area contributed by atoms with Crippen LogP contribution in [0.3, 0.4) is 0 Å². The molecule has 154 valence electrons. The summed E-state index contributed by atoms with van der Waals surface area (Å²) >= 11 is 0. The molecule has 0 aromatic heterocycles. The summed E-state index contributed by atoms with van der Waals surface area (Å²) in [6.07, 6.45) is -0.635. The van der Waals surface area contributed by atoms with Crippen LogP contribution in [0.25, 0.3) is 0 Å². The van der Waals surface area contributed by atoms with Crippen molar-refractivity contribution in [1.82, 2.24) is 10.2 Å². The zero-order valence-corrected chi connectivity index (χ0v) is 16.3. The molecule has 1 N–H and O–H groups in total. The van der Waals surface area contributed by atoms with Crippen LogP contribution in [-0.2, 0) is 16.1 Å². The third kappa shape index (κ3) is 4.72. The van der Waals surface area contributed by atoms with Crippen molar-refractivity contribution >= 4 is 12.2 Å². The van der Waals surface area contributed by atoms with Gasteiger partial charge in [0.15, 0.2) is 0 Å². The van der Waals surface area contributed by atoms with Gasteiger partial charge in [-0.1, -0.05) is 30.3 Å². The van der Waals surface area contributed by atoms with Crippen LogP contribution in [0.5, 0.6) is 0 Å². The number of nitrogens with zero attached hydrogens (tertiary/aromatic N) is 1. The van der Waals surface area contributed by atoms with Gasteiger partial charge < -0.3 is 19.7 Å². The van der Waals surface area contributed by atoms with Crippen LogP contribution in [0.2, 0.25) is 0 Å². The van der Waals surface area contributed by atoms with Crippen LogP contribution in [0.15, 0.2) is 30.3 Å². The van der Waals surface area contributed by atoms with E-state index in [0.717, 1.165) is 10.5 Å². The molecule has 6 nitrogen and oxygen atoms in total. The van der Waals surface area contributed by atoms with Crippen molar-refractivity contribution in [3.63, 3.8) is 0 Å². The zero-order valence-electron chi connectivity index (χ0n) is 16.3. The first-order valence-electron chi connectivity index (χ1n) is 9.35. The Morgan fingerprint density at radius 2 is 1.86 bits per heavy atom. The Kier molecular flexibility index (Phi) is 5.25. The fourth-order valence-corrected chi connectivity index (χ4v) is 3.51. The van der Waals surface area contributed by atoms with E-state index in [1.54, 1.807) is 32.9 Å². The minimum absolute atomic E-state index is 0.0215. The molecule has 2 fully saturated rings. The SMILES string of the molecule is CC(C)(C)OC(=O)NC1(C2CN(C(=O)OCc3ccccc3)CC2(F)F)CC1. The Morgan fingerprint density at radius 3 is 2.43 bits per heavy atom. The lowest BCUT2D eigenvalue weighted by Gasteiger charge is -2.29. The molecule has 1 atom stereocenters. The summed E-state index contributed by atoms with van der Waals surface area (Å²) in [5.41, 5.74) is -0.977. The third-order valence-corrected chi connectivity index (χ3v) is 4.98. The smallest absolute Gasteiger partial charge is 0.410 e. The van der Waals surface area contributed by atoms with Gasteiger partial charge in [0.25, 0.3) is 5.92 Å². The lowest BCUT2D eigenvalue weighted by Crippen LogP contribution is -2.50. The molecule has 1 aromatic rings. The van der Waals surface area contributed by atoms with Crippen molar-refractivity contribution in [1.29, 1.82) is 0 Å². The molecule has 2 amide bonds. The molecule has 1 heterocycles. The Morgan fingerprint density at radius 1 is 1.21 bits per heavy atom. The molecule has 0 spiro atoms. The number of hydrogen-bond donors (Lipinski definition) is 1. The highest BCUT2D eigenvalue weighted by molar-refractivity contribution is 5.70. The van der Waals surface area contributed by atoms with Crippen LogP contribution >= 0.6 is 0 Å². The standard InChI is InChI=1S/C20H26F2N2O4/c1-18(2,3)28-16(25)23-19(9-10-19)15-11-24(13-20(15,21)22)17(26)27-12-14-7-5-4-6-8-14/h4-8,15H,9-13H2,1-3H3,(H,23,25). The topological polar surface area (TPSA) is 67.9 Å². The second kappa shape index (κ2) is 7.22. The van der Waals surface area contributed by atoms with Crippen molar-refractivity contribution < 1.29 is 27.8 Å². The summed E-state index contributed by atoms with van der Waals surface area (Å²) in [5.74, 6) is -4.28. The first-order chi connectivity index (χ1) is 13.0. The van der Waals surface area contributed by atoms with Crippen LogP contribution in [0.1, 0.15) is 39.2 Å². The van der Waals surface area contributed by atoms with Gasteiger partial charge in [-0.3, -0.25) is 0 Å². The number of nitrogens with one attached hydrogen (secondary N) is 1. The van der Waals surface area contributed by atoms with Gasteiger partial charge in [-0.25, -0.2) is 18.4 Å². The average molecular weight is 396 g/mol. The van der Waals surface area contributed by atoms with E-state index in [1.165, 1.54) is 0 Å². The molecule has 1 saturated heterocycles. The predicted molar refractivity (Wildman–Crippen MR) is 98.0 cm³/mol. The van der Waals surface area contributed by atoms with Crippen LogP contribution in [-0.4, -0.2) is 47.2 Å². The second-order valence-corrected chi connectivity index (χ2v) is 8.52. The normalized spacial score (nSPS) is 22.5. The van der Waals surface area contributed by atoms with Crippen LogP contribution in [0, 0.1) is 5.92 Å². The maximum absolute atomic E-state index is 14.7. The number of halogens is 2. The van der Waals surface area contributed by atoms with Gasteiger partial charge in [-0.05, 0) is 39.2 Å². The van der Waals surface area contributed by atoms with E-state index < -0.39 is 41.7 Å². The minimum Gasteiger partial charge on any atom is -0.445 e. The molecular formula is C20H26F2N2O4. The third-order valence-electron chi connectivity index (χ3n) is 4.98. The highest BCUT2D eigenvalue weighted by Gasteiger charge is 2.64. The van der Waals surface area contributed by atoms with E-state index in [4.69, 9.17) is 9.47 Å². The molecule has 1 aliphatic heterocycles. The lowest BCUT2D eigenvalue weighted by atomic mass is 9.93. The van der Waals surface area contributed by atoms with Crippen molar-refractivity contribution in [2.24, 2.45) is 5.92 Å². The fraction of sp³-hybridized carbons (Fsp3) is 0.600. The highest BCUT2D eigenvalue weighted by atomic mass is 19.3. The molecule has 1 unspecified atom stereocenters. The Balaban J connectivity index is 1.60. The molecule has 1 aromatic carbocycles. The van der Waals surface area contributed by atoms with Crippen molar-refractivity contribution in [3.8, 4) is 0 Å². The first-order valence-corrected chi connectivity index (χ1v) is 9.35. The molecule has 28 heavy (non-hydrogen) atoms. The van der Waals surface area contributed by atoms with Gasteiger partial charge in [0.2, 0.25) is 0 Å². The molecule has 0 bridgehead atoms. The summed E-state index contributed by atoms with van der Waals surface area (Å²) in [6, 6.07) is 9.03. The monoisotopic (exact) mass is 396 g/mol. The van der Waals surface area contributed by atoms with E-state index in [-0.39, 0.29) is 13.2 Å². The molecule has 3 rings (SSSR count). The van der Waals surface area contributed by atoms with Crippen LogP contribution in [0.4, 0.5) is 18.4 Å². The molecule has 2 aliphatic rings. The number of amides is 2. The van der Waals surface area contributed by atoms with Crippen molar-refractivity contribution in [2.75, 3.05) is 13.1 Å². The summed E-state index contributed by atoms with van der Waals surface area (Å²) in [7, 11) is 0. The van der Waals surface area contributed by atoms with Gasteiger partial charge in [0, 0.05) is 6.54 Å². The minimum atomic E-state index is -3.11. The zero-order chi connectivity index (χ0) is 20.6. The van der Waals surface area contributed by atoms with Crippen molar-refractivity contribution in [2.45, 2.75) is 57.3 Å². The Bertz CT molecular complexity index is 729. The average Bonchev–Trinajstić information content (AvgIpc) is 3.27. The van der Waals surface area contributed by atoms with Gasteiger partial charge in [-0.2, -0.15) is 0 Å². The Hall–Kier alpha value is -2.38. The molecule has 1 aliphatic carbocycles. The van der Waals surface area contributed by atoms with E-state index in [9.17, 15) is 18.4 Å². The summed E-state index contributed by atoms with van der Waals surface area (Å²) in [4.78, 5) is 25.4. The van der Waals surface area contributed by atoms with Gasteiger partial charge in [-0.15, -0.1) is 0 Å². The van der Waals surface area contributed by atoms with Gasteiger partial charge in [0.1, 0.15) is 12.2 Å². The quantitative estimate of drug-likeness (QED) is 0.837. The number of alkyl halides is 2. The number of rotatable bonds is 4. The van der Waals surface area contributed by atoms with E-state index in [0.29, 0.717) is 12.8 Å². The van der Waals surface area contributed by atoms with Gasteiger partial charge >= 0.3 is 12.2 Å². The first kappa shape index (κ1) is 20.4. The molecular weight excluding hydrogens is 370 g/mol. The summed E-state index contributed by atoms with van der Waals surface area (Å²) in [6.45, 7) is 4.26. The predicted octanol–water partition coefficient (Wildman–Crippen LogP) is 3.95. The lowest BCUT2D eigenvalue weighted by molar-refractivity contribution is -0.0438. The largest absolute Gasteiger partial charge is 0.445 e. The summed E-state index contributed by atoms with van der Waals surface area (Å²) in [5, 5.41) is 2.62. The van der Waals surface area contributed by atoms with E-state index in [1.807, 2.05) is 18.2 Å². The number of carbonyl (C=O) groups is 2. The molecule has 1 saturated carbocycles. The fourth-order valence-electron chi connectivity index (χ4n) is 3.51. The Labute approximate surface area is 163 Å². The number of alkyl carbamates (subject to hydrolysis) is 1. The highest BCUT2D eigenvalue weighted by Crippen LogP contribution is 2.51. The van der Waals surface area contributed by atoms with Crippen molar-refractivity contribution in [3.05, 3.63) is 35.9 Å². The number of hydrogen-bond acceptors (Lipinski definition) is 4. The molecule has 8 heteroatoms. The maximum Gasteiger partial charge on any atom is 0.410 e. The number of likely N-dealkylation sites (tertiary alicyclic amines) is 1. The van der Waals surface area contributed by atoms with Crippen LogP contribution < -0.4 is 5.32 Å². The maximum atomic E-state index is 14.7. The van der Waals surface area contributed by atoms with Gasteiger partial charge in [0.05, 0.1) is 18.0 Å². The number of benzene rings is 1. The van der Waals surface area contributed by atoms with E-state index >= 15 is 0 Å². The number of ether oxygens (including phenoxy) is 2. The number of carbonyl (C=O) groups excluding carboxylic acids is 2. The summed E-state index contributed by atoms with van der Waals surface area (Å²) < 4.78 is 39.7. The second-order valence-electron chi connectivity index (χ2n) is 8.52. The molecule has 0 radical (unpaired) electrons. The van der Waals surface area contributed by atoms with E-state index in [2.05, 4.69) is 5.32 Å².